The molecule has 1 aliphatic rings. The summed E-state index contributed by atoms with van der Waals surface area (Å²) in [7, 11) is 0. The lowest BCUT2D eigenvalue weighted by molar-refractivity contribution is 0.0954. The molecular formula is C16H21N3OS. The van der Waals surface area contributed by atoms with Gasteiger partial charge in [0.1, 0.15) is 4.88 Å². The number of likely N-dealkylation sites (tertiary alicyclic amines) is 1. The van der Waals surface area contributed by atoms with Crippen molar-refractivity contribution in [3.8, 4) is 0 Å². The first-order valence-corrected chi connectivity index (χ1v) is 8.26. The van der Waals surface area contributed by atoms with Crippen LogP contribution in [0.25, 0.3) is 10.1 Å². The van der Waals surface area contributed by atoms with Crippen molar-refractivity contribution in [3.05, 3.63) is 28.6 Å². The number of rotatable bonds is 4. The minimum Gasteiger partial charge on any atom is -0.397 e. The molecule has 2 heterocycles. The maximum absolute atomic E-state index is 12.3. The molecule has 0 radical (unpaired) electrons. The highest BCUT2D eigenvalue weighted by atomic mass is 32.1. The number of carbonyl (C=O) groups excluding carboxylic acids is 1. The summed E-state index contributed by atoms with van der Waals surface area (Å²) in [5.74, 6) is -0.0504. The molecule has 0 bridgehead atoms. The minimum absolute atomic E-state index is 0.0504. The Morgan fingerprint density at radius 2 is 2.14 bits per heavy atom. The van der Waals surface area contributed by atoms with E-state index in [0.29, 0.717) is 17.1 Å². The van der Waals surface area contributed by atoms with Gasteiger partial charge in [-0.25, -0.2) is 0 Å². The zero-order valence-corrected chi connectivity index (χ0v) is 13.1. The van der Waals surface area contributed by atoms with Crippen molar-refractivity contribution < 1.29 is 4.79 Å². The number of fused-ring (bicyclic) bond motifs is 1. The van der Waals surface area contributed by atoms with E-state index in [1.54, 1.807) is 0 Å². The molecule has 0 aliphatic carbocycles. The van der Waals surface area contributed by atoms with Crippen LogP contribution in [0.3, 0.4) is 0 Å². The van der Waals surface area contributed by atoms with Crippen molar-refractivity contribution in [1.29, 1.82) is 0 Å². The van der Waals surface area contributed by atoms with Crippen molar-refractivity contribution >= 4 is 33.0 Å². The maximum atomic E-state index is 12.3. The Hall–Kier alpha value is -1.59. The quantitative estimate of drug-likeness (QED) is 0.913. The minimum atomic E-state index is -0.0504. The molecule has 1 aromatic carbocycles. The number of amides is 1. The summed E-state index contributed by atoms with van der Waals surface area (Å²) in [6, 6.07) is 6.11. The van der Waals surface area contributed by atoms with E-state index in [4.69, 9.17) is 5.73 Å². The summed E-state index contributed by atoms with van der Waals surface area (Å²) in [5, 5.41) is 3.97. The molecule has 0 unspecified atom stereocenters. The average Bonchev–Trinajstić information content (AvgIpc) is 3.07. The van der Waals surface area contributed by atoms with Crippen molar-refractivity contribution in [1.82, 2.24) is 10.2 Å². The third-order valence-corrected chi connectivity index (χ3v) is 5.17. The fourth-order valence-corrected chi connectivity index (χ4v) is 3.94. The van der Waals surface area contributed by atoms with Crippen molar-refractivity contribution in [2.75, 3.05) is 31.9 Å². The first kappa shape index (κ1) is 14.4. The Kier molecular flexibility index (Phi) is 4.12. The number of aryl methyl sites for hydroxylation is 1. The van der Waals surface area contributed by atoms with Crippen LogP contribution in [0.5, 0.6) is 0 Å². The van der Waals surface area contributed by atoms with Gasteiger partial charge in [0.15, 0.2) is 0 Å². The van der Waals surface area contributed by atoms with Gasteiger partial charge in [-0.3, -0.25) is 4.79 Å². The number of nitrogens with two attached hydrogens (primary N) is 1. The molecule has 1 aromatic heterocycles. The number of carbonyl (C=O) groups is 1. The third kappa shape index (κ3) is 3.04. The van der Waals surface area contributed by atoms with Gasteiger partial charge in [0, 0.05) is 23.2 Å². The van der Waals surface area contributed by atoms with Crippen LogP contribution < -0.4 is 11.1 Å². The van der Waals surface area contributed by atoms with Crippen LogP contribution in [-0.2, 0) is 0 Å². The summed E-state index contributed by atoms with van der Waals surface area (Å²) in [5.41, 5.74) is 7.91. The predicted octanol–water partition coefficient (Wildman–Crippen LogP) is 2.62. The van der Waals surface area contributed by atoms with Crippen molar-refractivity contribution in [2.24, 2.45) is 0 Å². The highest BCUT2D eigenvalue weighted by Gasteiger charge is 2.17. The van der Waals surface area contributed by atoms with Crippen LogP contribution in [0.4, 0.5) is 5.69 Å². The van der Waals surface area contributed by atoms with E-state index in [-0.39, 0.29) is 5.91 Å². The lowest BCUT2D eigenvalue weighted by Crippen LogP contribution is -2.33. The second-order valence-electron chi connectivity index (χ2n) is 5.65. The molecule has 0 saturated carbocycles. The van der Waals surface area contributed by atoms with Crippen molar-refractivity contribution in [2.45, 2.75) is 19.8 Å². The van der Waals surface area contributed by atoms with E-state index in [2.05, 4.69) is 16.3 Å². The number of benzene rings is 1. The second kappa shape index (κ2) is 6.03. The smallest absolute Gasteiger partial charge is 0.263 e. The van der Waals surface area contributed by atoms with Gasteiger partial charge in [-0.1, -0.05) is 12.1 Å². The third-order valence-electron chi connectivity index (χ3n) is 4.00. The first-order valence-electron chi connectivity index (χ1n) is 7.44. The summed E-state index contributed by atoms with van der Waals surface area (Å²) >= 11 is 1.48. The molecule has 0 spiro atoms. The SMILES string of the molecule is Cc1ccc2c(N)c(C(=O)NCCN3CCCC3)sc2c1. The van der Waals surface area contributed by atoms with Gasteiger partial charge >= 0.3 is 0 Å². The van der Waals surface area contributed by atoms with Gasteiger partial charge in [0.05, 0.1) is 5.69 Å². The highest BCUT2D eigenvalue weighted by Crippen LogP contribution is 2.34. The molecule has 3 N–H and O–H groups in total. The Labute approximate surface area is 128 Å². The van der Waals surface area contributed by atoms with Gasteiger partial charge in [-0.15, -0.1) is 11.3 Å². The van der Waals surface area contributed by atoms with Gasteiger partial charge in [0.25, 0.3) is 5.91 Å². The number of hydrogen-bond acceptors (Lipinski definition) is 4. The largest absolute Gasteiger partial charge is 0.397 e. The van der Waals surface area contributed by atoms with Gasteiger partial charge in [-0.05, 0) is 44.5 Å². The van der Waals surface area contributed by atoms with E-state index in [0.717, 1.165) is 29.7 Å². The molecule has 0 atom stereocenters. The van der Waals surface area contributed by atoms with Crippen LogP contribution >= 0.6 is 11.3 Å². The monoisotopic (exact) mass is 303 g/mol. The zero-order chi connectivity index (χ0) is 14.8. The molecule has 112 valence electrons. The van der Waals surface area contributed by atoms with Crippen LogP contribution in [0, 0.1) is 6.92 Å². The predicted molar refractivity (Wildman–Crippen MR) is 89.0 cm³/mol. The summed E-state index contributed by atoms with van der Waals surface area (Å²) in [4.78, 5) is 15.3. The molecule has 2 aromatic rings. The summed E-state index contributed by atoms with van der Waals surface area (Å²) in [6.07, 6.45) is 2.55. The Bertz CT molecular complexity index is 659. The fraction of sp³-hybridized carbons (Fsp3) is 0.438. The van der Waals surface area contributed by atoms with Crippen LogP contribution in [0.2, 0.25) is 0 Å². The van der Waals surface area contributed by atoms with Gasteiger partial charge < -0.3 is 16.0 Å². The molecule has 4 nitrogen and oxygen atoms in total. The number of nitrogens with zero attached hydrogens (tertiary/aromatic N) is 1. The van der Waals surface area contributed by atoms with Gasteiger partial charge in [0.2, 0.25) is 0 Å². The Morgan fingerprint density at radius 1 is 1.38 bits per heavy atom. The normalized spacial score (nSPS) is 15.7. The molecule has 1 amide bonds. The fourth-order valence-electron chi connectivity index (χ4n) is 2.81. The first-order chi connectivity index (χ1) is 10.1. The highest BCUT2D eigenvalue weighted by molar-refractivity contribution is 7.21. The van der Waals surface area contributed by atoms with E-state index in [9.17, 15) is 4.79 Å². The van der Waals surface area contributed by atoms with E-state index in [1.165, 1.54) is 29.7 Å². The topological polar surface area (TPSA) is 58.4 Å². The molecular weight excluding hydrogens is 282 g/mol. The van der Waals surface area contributed by atoms with E-state index in [1.807, 2.05) is 19.1 Å². The molecule has 21 heavy (non-hydrogen) atoms. The molecule has 1 fully saturated rings. The number of nitrogen functional groups attached to an aromatic ring is 1. The van der Waals surface area contributed by atoms with Crippen LogP contribution in [-0.4, -0.2) is 37.0 Å². The van der Waals surface area contributed by atoms with Crippen molar-refractivity contribution in [3.63, 3.8) is 0 Å². The maximum Gasteiger partial charge on any atom is 0.263 e. The molecule has 5 heteroatoms. The Morgan fingerprint density at radius 3 is 2.90 bits per heavy atom. The number of hydrogen-bond donors (Lipinski definition) is 2. The molecule has 3 rings (SSSR count). The number of nitrogens with one attached hydrogen (secondary N) is 1. The standard InChI is InChI=1S/C16H21N3OS/c1-11-4-5-12-13(10-11)21-15(14(12)17)16(20)18-6-9-19-7-2-3-8-19/h4-5,10H,2-3,6-9,17H2,1H3,(H,18,20). The van der Waals surface area contributed by atoms with E-state index < -0.39 is 0 Å². The van der Waals surface area contributed by atoms with Crippen LogP contribution in [0.1, 0.15) is 28.1 Å². The second-order valence-corrected chi connectivity index (χ2v) is 6.70. The molecule has 1 aliphatic heterocycles. The van der Waals surface area contributed by atoms with Crippen LogP contribution in [0.15, 0.2) is 18.2 Å². The molecule has 1 saturated heterocycles. The summed E-state index contributed by atoms with van der Waals surface area (Å²) < 4.78 is 1.08. The Balaban J connectivity index is 1.67. The zero-order valence-electron chi connectivity index (χ0n) is 12.3. The lowest BCUT2D eigenvalue weighted by Gasteiger charge is -2.14. The van der Waals surface area contributed by atoms with E-state index >= 15 is 0 Å². The number of anilines is 1. The number of thiophene rings is 1. The lowest BCUT2D eigenvalue weighted by atomic mass is 10.1. The average molecular weight is 303 g/mol. The summed E-state index contributed by atoms with van der Waals surface area (Å²) in [6.45, 7) is 5.96. The van der Waals surface area contributed by atoms with Gasteiger partial charge in [-0.2, -0.15) is 0 Å².